The maximum Gasteiger partial charge on any atom is 0.261 e. The number of hydrogen-bond donors (Lipinski definition) is 3. The van der Waals surface area contributed by atoms with Crippen molar-refractivity contribution in [3.05, 3.63) is 35.4 Å². The van der Waals surface area contributed by atoms with E-state index in [1.807, 2.05) is 6.07 Å². The number of amides is 1. The van der Waals surface area contributed by atoms with Gasteiger partial charge in [0, 0.05) is 6.92 Å². The summed E-state index contributed by atoms with van der Waals surface area (Å²) in [6.07, 6.45) is 5.27. The molecule has 7 heteroatoms. The summed E-state index contributed by atoms with van der Waals surface area (Å²) in [4.78, 5) is 11.5. The molecule has 1 aromatic carbocycles. The molecule has 1 aromatic rings. The summed E-state index contributed by atoms with van der Waals surface area (Å²) in [5.41, 5.74) is 2.75. The Kier molecular flexibility index (Phi) is 5.67. The quantitative estimate of drug-likeness (QED) is 0.667. The summed E-state index contributed by atoms with van der Waals surface area (Å²) in [7, 11) is -3.67. The van der Waals surface area contributed by atoms with Crippen LogP contribution in [0.1, 0.15) is 49.8 Å². The first-order valence-corrected chi connectivity index (χ1v) is 9.91. The lowest BCUT2D eigenvalue weighted by Gasteiger charge is -2.41. The van der Waals surface area contributed by atoms with Crippen LogP contribution < -0.4 is 5.32 Å². The van der Waals surface area contributed by atoms with E-state index in [1.54, 1.807) is 6.92 Å². The smallest absolute Gasteiger partial charge is 0.261 e. The average Bonchev–Trinajstić information content (AvgIpc) is 2.74. The van der Waals surface area contributed by atoms with E-state index >= 15 is 0 Å². The molecule has 0 radical (unpaired) electrons. The minimum atomic E-state index is -3.67. The molecule has 1 unspecified atom stereocenters. The number of hydrogen-bond acceptors (Lipinski definition) is 4. The number of benzene rings is 1. The topological polar surface area (TPSA) is 104 Å². The highest BCUT2D eigenvalue weighted by Gasteiger charge is 2.47. The van der Waals surface area contributed by atoms with Crippen LogP contribution in [0.2, 0.25) is 0 Å². The Hall–Kier alpha value is -1.44. The molecule has 0 saturated heterocycles. The lowest BCUT2D eigenvalue weighted by Crippen LogP contribution is -2.41. The van der Waals surface area contributed by atoms with Crippen LogP contribution in [0.15, 0.2) is 24.3 Å². The fourth-order valence-corrected chi connectivity index (χ4v) is 3.87. The van der Waals surface area contributed by atoms with Crippen LogP contribution in [0.3, 0.4) is 0 Å². The second kappa shape index (κ2) is 7.21. The predicted molar refractivity (Wildman–Crippen MR) is 91.1 cm³/mol. The number of aliphatic hydroxyl groups excluding tert-OH is 1. The largest absolute Gasteiger partial charge is 0.393 e. The van der Waals surface area contributed by atoms with Crippen molar-refractivity contribution in [1.82, 2.24) is 5.32 Å². The Labute approximate surface area is 143 Å². The summed E-state index contributed by atoms with van der Waals surface area (Å²) in [6, 6.07) is 8.54. The van der Waals surface area contributed by atoms with Gasteiger partial charge in [-0.05, 0) is 48.6 Å². The monoisotopic (exact) mass is 355 g/mol. The molecule has 0 aliphatic heterocycles. The predicted octanol–water partition coefficient (Wildman–Crippen LogP) is 1.85. The standard InChI is InChI=1S/C16H21NO2.CH4O3S/c1-11(18)17-15-14-5-3-2-4-12(14)10-16(15)8-6-13(19)7-9-16;1-5(2,3)4/h2-5,13,15,19H,6-10H2,1H3,(H,17,18);1H3,(H,2,3,4). The molecule has 3 rings (SSSR count). The maximum atomic E-state index is 11.5. The van der Waals surface area contributed by atoms with Crippen molar-refractivity contribution in [2.75, 3.05) is 6.26 Å². The molecule has 2 aliphatic rings. The number of carbonyl (C=O) groups excluding carboxylic acids is 1. The Bertz CT molecular complexity index is 685. The van der Waals surface area contributed by atoms with Gasteiger partial charge in [0.1, 0.15) is 0 Å². The van der Waals surface area contributed by atoms with E-state index in [4.69, 9.17) is 4.55 Å². The molecule has 6 nitrogen and oxygen atoms in total. The third-order valence-electron chi connectivity index (χ3n) is 4.82. The first-order chi connectivity index (χ1) is 11.1. The van der Waals surface area contributed by atoms with Crippen LogP contribution in [-0.4, -0.2) is 36.3 Å². The first-order valence-electron chi connectivity index (χ1n) is 8.06. The zero-order valence-electron chi connectivity index (χ0n) is 14.0. The van der Waals surface area contributed by atoms with Crippen molar-refractivity contribution >= 4 is 16.0 Å². The van der Waals surface area contributed by atoms with Gasteiger partial charge < -0.3 is 10.4 Å². The van der Waals surface area contributed by atoms with Crippen LogP contribution in [0.4, 0.5) is 0 Å². The van der Waals surface area contributed by atoms with E-state index in [-0.39, 0.29) is 23.5 Å². The Balaban J connectivity index is 0.000000368. The minimum absolute atomic E-state index is 0.0344. The molecule has 134 valence electrons. The molecule has 1 amide bonds. The van der Waals surface area contributed by atoms with E-state index in [0.29, 0.717) is 6.26 Å². The first kappa shape index (κ1) is 18.9. The van der Waals surface area contributed by atoms with Crippen LogP contribution >= 0.6 is 0 Å². The van der Waals surface area contributed by atoms with E-state index in [0.717, 1.165) is 32.1 Å². The molecule has 1 saturated carbocycles. The summed E-state index contributed by atoms with van der Waals surface area (Å²) >= 11 is 0. The molecule has 0 aromatic heterocycles. The Morgan fingerprint density at radius 2 is 1.79 bits per heavy atom. The Morgan fingerprint density at radius 1 is 1.25 bits per heavy atom. The number of rotatable bonds is 1. The van der Waals surface area contributed by atoms with Gasteiger partial charge in [0.15, 0.2) is 0 Å². The lowest BCUT2D eigenvalue weighted by atomic mass is 9.68. The zero-order valence-corrected chi connectivity index (χ0v) is 14.8. The number of fused-ring (bicyclic) bond motifs is 1. The highest BCUT2D eigenvalue weighted by molar-refractivity contribution is 7.85. The summed E-state index contributed by atoms with van der Waals surface area (Å²) in [5, 5.41) is 12.9. The van der Waals surface area contributed by atoms with Crippen molar-refractivity contribution in [1.29, 1.82) is 0 Å². The van der Waals surface area contributed by atoms with E-state index < -0.39 is 10.1 Å². The van der Waals surface area contributed by atoms with Gasteiger partial charge in [-0.1, -0.05) is 24.3 Å². The van der Waals surface area contributed by atoms with E-state index in [2.05, 4.69) is 23.5 Å². The lowest BCUT2D eigenvalue weighted by molar-refractivity contribution is -0.121. The fourth-order valence-electron chi connectivity index (χ4n) is 3.87. The summed E-state index contributed by atoms with van der Waals surface area (Å²) in [5.74, 6) is 0.0344. The van der Waals surface area contributed by atoms with Crippen LogP contribution in [0.25, 0.3) is 0 Å². The minimum Gasteiger partial charge on any atom is -0.393 e. The summed E-state index contributed by atoms with van der Waals surface area (Å²) < 4.78 is 25.9. The summed E-state index contributed by atoms with van der Waals surface area (Å²) in [6.45, 7) is 1.59. The molecule has 1 atom stereocenters. The third-order valence-corrected chi connectivity index (χ3v) is 4.82. The Morgan fingerprint density at radius 3 is 2.33 bits per heavy atom. The molecular formula is C17H25NO5S. The van der Waals surface area contributed by atoms with E-state index in [1.165, 1.54) is 11.1 Å². The van der Waals surface area contributed by atoms with Crippen molar-refractivity contribution < 1.29 is 22.9 Å². The van der Waals surface area contributed by atoms with Gasteiger partial charge in [-0.25, -0.2) is 0 Å². The van der Waals surface area contributed by atoms with Crippen LogP contribution in [-0.2, 0) is 21.3 Å². The molecule has 24 heavy (non-hydrogen) atoms. The molecule has 0 heterocycles. The van der Waals surface area contributed by atoms with Crippen molar-refractivity contribution in [2.45, 2.75) is 51.2 Å². The van der Waals surface area contributed by atoms with Crippen LogP contribution in [0.5, 0.6) is 0 Å². The van der Waals surface area contributed by atoms with Gasteiger partial charge in [-0.3, -0.25) is 9.35 Å². The normalized spacial score (nSPS) is 28.7. The maximum absolute atomic E-state index is 11.5. The highest BCUT2D eigenvalue weighted by atomic mass is 32.2. The second-order valence-corrected chi connectivity index (χ2v) is 8.30. The van der Waals surface area contributed by atoms with Crippen molar-refractivity contribution in [3.8, 4) is 0 Å². The van der Waals surface area contributed by atoms with Gasteiger partial charge in [-0.2, -0.15) is 8.42 Å². The number of aliphatic hydroxyl groups is 1. The van der Waals surface area contributed by atoms with Crippen molar-refractivity contribution in [2.24, 2.45) is 5.41 Å². The number of nitrogens with one attached hydrogen (secondary N) is 1. The van der Waals surface area contributed by atoms with E-state index in [9.17, 15) is 18.3 Å². The molecule has 3 N–H and O–H groups in total. The van der Waals surface area contributed by atoms with Gasteiger partial charge in [0.25, 0.3) is 10.1 Å². The molecule has 0 bridgehead atoms. The van der Waals surface area contributed by atoms with Crippen molar-refractivity contribution in [3.63, 3.8) is 0 Å². The SMILES string of the molecule is CC(=O)NC1c2ccccc2CC12CCC(O)CC2.CS(=O)(=O)O. The molecule has 1 fully saturated rings. The average molecular weight is 355 g/mol. The second-order valence-electron chi connectivity index (χ2n) is 6.84. The highest BCUT2D eigenvalue weighted by Crippen LogP contribution is 2.53. The zero-order chi connectivity index (χ0) is 18.0. The molecule has 2 aliphatic carbocycles. The van der Waals surface area contributed by atoms with Crippen LogP contribution in [0, 0.1) is 5.41 Å². The van der Waals surface area contributed by atoms with Gasteiger partial charge in [0.2, 0.25) is 5.91 Å². The molecule has 1 spiro atoms. The fraction of sp³-hybridized carbons (Fsp3) is 0.588. The van der Waals surface area contributed by atoms with Gasteiger partial charge in [-0.15, -0.1) is 0 Å². The molecular weight excluding hydrogens is 330 g/mol. The number of carbonyl (C=O) groups is 1. The van der Waals surface area contributed by atoms with Gasteiger partial charge in [0.05, 0.1) is 18.4 Å². The van der Waals surface area contributed by atoms with Gasteiger partial charge >= 0.3 is 0 Å². The third kappa shape index (κ3) is 4.78.